The van der Waals surface area contributed by atoms with E-state index in [1.54, 1.807) is 24.3 Å². The van der Waals surface area contributed by atoms with Gasteiger partial charge in [-0.05, 0) is 54.7 Å². The minimum Gasteiger partial charge on any atom is -0.490 e. The zero-order chi connectivity index (χ0) is 32.0. The second kappa shape index (κ2) is 18.1. The van der Waals surface area contributed by atoms with Crippen molar-refractivity contribution >= 4 is 0 Å². The largest absolute Gasteiger partial charge is 0.490 e. The SMILES string of the molecule is CCCCCCCCCOc1ccc(-c2ccc(-c3ccc(OCC4COC(CCCCC)OC4)c(F)c3F)cc2)c(F)c1F. The summed E-state index contributed by atoms with van der Waals surface area (Å²) in [4.78, 5) is 0. The first-order valence-electron chi connectivity index (χ1n) is 16.5. The summed E-state index contributed by atoms with van der Waals surface area (Å²) in [6, 6.07) is 11.9. The normalized spacial score (nSPS) is 16.6. The molecule has 45 heavy (non-hydrogen) atoms. The first kappa shape index (κ1) is 34.8. The summed E-state index contributed by atoms with van der Waals surface area (Å²) in [6.07, 6.45) is 11.6. The van der Waals surface area contributed by atoms with Gasteiger partial charge in [0, 0.05) is 17.0 Å². The molecule has 1 saturated heterocycles. The minimum absolute atomic E-state index is 0.0337. The molecule has 3 aromatic rings. The van der Waals surface area contributed by atoms with E-state index in [-0.39, 0.29) is 41.4 Å². The number of unbranched alkanes of at least 4 members (excludes halogenated alkanes) is 8. The van der Waals surface area contributed by atoms with Gasteiger partial charge in [0.1, 0.15) is 0 Å². The van der Waals surface area contributed by atoms with Crippen LogP contribution in [0.1, 0.15) is 84.5 Å². The number of halogens is 4. The highest BCUT2D eigenvalue weighted by molar-refractivity contribution is 5.72. The molecule has 0 radical (unpaired) electrons. The summed E-state index contributed by atoms with van der Waals surface area (Å²) in [5.41, 5.74) is 0.881. The Morgan fingerprint density at radius 3 is 1.62 bits per heavy atom. The van der Waals surface area contributed by atoms with Crippen molar-refractivity contribution in [1.82, 2.24) is 0 Å². The molecule has 8 heteroatoms. The topological polar surface area (TPSA) is 36.9 Å². The molecule has 0 atom stereocenters. The molecule has 0 aromatic heterocycles. The van der Waals surface area contributed by atoms with E-state index in [4.69, 9.17) is 18.9 Å². The third-order valence-electron chi connectivity index (χ3n) is 8.16. The molecule has 0 bridgehead atoms. The van der Waals surface area contributed by atoms with Crippen LogP contribution in [0.3, 0.4) is 0 Å². The molecular formula is C37H46F4O4. The zero-order valence-electron chi connectivity index (χ0n) is 26.5. The van der Waals surface area contributed by atoms with Crippen molar-refractivity contribution in [2.24, 2.45) is 5.92 Å². The predicted molar refractivity (Wildman–Crippen MR) is 169 cm³/mol. The fourth-order valence-electron chi connectivity index (χ4n) is 5.42. The maximum Gasteiger partial charge on any atom is 0.201 e. The molecule has 1 aliphatic heterocycles. The molecule has 4 rings (SSSR count). The summed E-state index contributed by atoms with van der Waals surface area (Å²) < 4.78 is 82.3. The highest BCUT2D eigenvalue weighted by Gasteiger charge is 2.24. The van der Waals surface area contributed by atoms with Crippen LogP contribution in [0.2, 0.25) is 0 Å². The lowest BCUT2D eigenvalue weighted by atomic mass is 9.99. The number of benzene rings is 3. The van der Waals surface area contributed by atoms with Crippen LogP contribution in [-0.4, -0.2) is 32.7 Å². The molecule has 0 aliphatic carbocycles. The van der Waals surface area contributed by atoms with Crippen LogP contribution in [0.15, 0.2) is 48.5 Å². The molecule has 0 spiro atoms. The van der Waals surface area contributed by atoms with Gasteiger partial charge in [-0.2, -0.15) is 8.78 Å². The van der Waals surface area contributed by atoms with Crippen molar-refractivity contribution in [2.75, 3.05) is 26.4 Å². The van der Waals surface area contributed by atoms with Crippen LogP contribution in [0.4, 0.5) is 17.6 Å². The Kier molecular flexibility index (Phi) is 14.0. The number of hydrogen-bond donors (Lipinski definition) is 0. The molecule has 1 aliphatic rings. The van der Waals surface area contributed by atoms with Crippen LogP contribution in [0, 0.1) is 29.2 Å². The van der Waals surface area contributed by atoms with Crippen molar-refractivity contribution in [1.29, 1.82) is 0 Å². The van der Waals surface area contributed by atoms with Crippen molar-refractivity contribution in [2.45, 2.75) is 90.8 Å². The smallest absolute Gasteiger partial charge is 0.201 e. The molecular weight excluding hydrogens is 584 g/mol. The Morgan fingerprint density at radius 1 is 0.578 bits per heavy atom. The van der Waals surface area contributed by atoms with E-state index in [2.05, 4.69) is 13.8 Å². The number of rotatable bonds is 18. The van der Waals surface area contributed by atoms with Crippen LogP contribution < -0.4 is 9.47 Å². The zero-order valence-corrected chi connectivity index (χ0v) is 26.5. The van der Waals surface area contributed by atoms with E-state index >= 15 is 4.39 Å². The Hall–Kier alpha value is -3.10. The summed E-state index contributed by atoms with van der Waals surface area (Å²) in [5.74, 6) is -4.59. The number of hydrogen-bond acceptors (Lipinski definition) is 4. The van der Waals surface area contributed by atoms with E-state index < -0.39 is 23.3 Å². The van der Waals surface area contributed by atoms with Gasteiger partial charge >= 0.3 is 0 Å². The van der Waals surface area contributed by atoms with Gasteiger partial charge in [0.25, 0.3) is 0 Å². The second-order valence-electron chi connectivity index (χ2n) is 11.8. The fraction of sp³-hybridized carbons (Fsp3) is 0.514. The van der Waals surface area contributed by atoms with Crippen LogP contribution >= 0.6 is 0 Å². The molecule has 4 nitrogen and oxygen atoms in total. The van der Waals surface area contributed by atoms with Gasteiger partial charge in [-0.15, -0.1) is 0 Å². The molecule has 1 heterocycles. The van der Waals surface area contributed by atoms with Crippen LogP contribution in [-0.2, 0) is 9.47 Å². The maximum absolute atomic E-state index is 15.1. The lowest BCUT2D eigenvalue weighted by Gasteiger charge is -2.29. The Labute approximate surface area is 265 Å². The minimum atomic E-state index is -1.09. The average Bonchev–Trinajstić information content (AvgIpc) is 3.06. The summed E-state index contributed by atoms with van der Waals surface area (Å²) in [7, 11) is 0. The van der Waals surface area contributed by atoms with Gasteiger partial charge < -0.3 is 18.9 Å². The van der Waals surface area contributed by atoms with Gasteiger partial charge in [0.2, 0.25) is 11.6 Å². The molecule has 0 N–H and O–H groups in total. The van der Waals surface area contributed by atoms with E-state index in [0.717, 1.165) is 44.9 Å². The summed E-state index contributed by atoms with van der Waals surface area (Å²) in [5, 5.41) is 0. The Balaban J connectivity index is 1.31. The van der Waals surface area contributed by atoms with E-state index in [1.165, 1.54) is 49.9 Å². The first-order chi connectivity index (χ1) is 21.9. The van der Waals surface area contributed by atoms with Gasteiger partial charge in [-0.1, -0.05) is 89.5 Å². The van der Waals surface area contributed by atoms with Gasteiger partial charge in [0.05, 0.1) is 26.4 Å². The Morgan fingerprint density at radius 2 is 1.07 bits per heavy atom. The molecule has 1 fully saturated rings. The lowest BCUT2D eigenvalue weighted by Crippen LogP contribution is -2.35. The average molecular weight is 631 g/mol. The van der Waals surface area contributed by atoms with Crippen LogP contribution in [0.5, 0.6) is 11.5 Å². The van der Waals surface area contributed by atoms with Gasteiger partial charge in [-0.3, -0.25) is 0 Å². The standard InChI is InChI=1S/C37H46F4O4/c1-3-5-7-8-9-10-12-22-42-31-20-18-29(34(38)36(31)40)27-14-16-28(17-15-27)30-19-21-32(37(41)35(30)39)43-23-26-24-44-33(45-25-26)13-11-6-4-2/h14-21,26,33H,3-13,22-25H2,1-2H3. The molecule has 0 amide bonds. The van der Waals surface area contributed by atoms with Crippen molar-refractivity contribution < 1.29 is 36.5 Å². The molecule has 0 unspecified atom stereocenters. The Bertz CT molecular complexity index is 1320. The van der Waals surface area contributed by atoms with E-state index in [9.17, 15) is 13.2 Å². The van der Waals surface area contributed by atoms with Crippen molar-refractivity contribution in [3.05, 3.63) is 71.8 Å². The molecule has 246 valence electrons. The highest BCUT2D eigenvalue weighted by atomic mass is 19.2. The van der Waals surface area contributed by atoms with Crippen molar-refractivity contribution in [3.63, 3.8) is 0 Å². The maximum atomic E-state index is 15.1. The molecule has 0 saturated carbocycles. The second-order valence-corrected chi connectivity index (χ2v) is 11.8. The quantitative estimate of drug-likeness (QED) is 0.104. The van der Waals surface area contributed by atoms with Gasteiger partial charge in [0.15, 0.2) is 29.4 Å². The van der Waals surface area contributed by atoms with Crippen molar-refractivity contribution in [3.8, 4) is 33.8 Å². The van der Waals surface area contributed by atoms with Gasteiger partial charge in [-0.25, -0.2) is 8.78 Å². The third kappa shape index (κ3) is 9.94. The third-order valence-corrected chi connectivity index (χ3v) is 8.16. The summed E-state index contributed by atoms with van der Waals surface area (Å²) >= 11 is 0. The predicted octanol–water partition coefficient (Wildman–Crippen LogP) is 10.7. The monoisotopic (exact) mass is 630 g/mol. The lowest BCUT2D eigenvalue weighted by molar-refractivity contribution is -0.206. The molecule has 3 aromatic carbocycles. The highest BCUT2D eigenvalue weighted by Crippen LogP contribution is 2.34. The van der Waals surface area contributed by atoms with E-state index in [1.807, 2.05) is 0 Å². The van der Waals surface area contributed by atoms with Crippen LogP contribution in [0.25, 0.3) is 22.3 Å². The fourth-order valence-corrected chi connectivity index (χ4v) is 5.42. The number of ether oxygens (including phenoxy) is 4. The first-order valence-corrected chi connectivity index (χ1v) is 16.5. The summed E-state index contributed by atoms with van der Waals surface area (Å²) in [6.45, 7) is 5.65. The van der Waals surface area contributed by atoms with E-state index in [0.29, 0.717) is 30.9 Å².